The van der Waals surface area contributed by atoms with Gasteiger partial charge in [-0.1, -0.05) is 26.0 Å². The first-order valence-corrected chi connectivity index (χ1v) is 9.61. The second kappa shape index (κ2) is 8.77. The Morgan fingerprint density at radius 3 is 2.47 bits per heavy atom. The van der Waals surface area contributed by atoms with E-state index in [0.29, 0.717) is 30.0 Å². The summed E-state index contributed by atoms with van der Waals surface area (Å²) in [5, 5.41) is 9.71. The number of nitrogens with one attached hydrogen (secondary N) is 3. The number of hydrazone groups is 1. The van der Waals surface area contributed by atoms with E-state index in [1.807, 2.05) is 32.0 Å². The lowest BCUT2D eigenvalue weighted by Gasteiger charge is -2.29. The Morgan fingerprint density at radius 2 is 1.80 bits per heavy atom. The van der Waals surface area contributed by atoms with Gasteiger partial charge in [-0.25, -0.2) is 15.0 Å². The number of carbonyl (C=O) groups excluding carboxylic acids is 3. The Kier molecular flexibility index (Phi) is 6.15. The normalized spacial score (nSPS) is 14.9. The van der Waals surface area contributed by atoms with Crippen LogP contribution in [0.4, 0.5) is 16.2 Å². The first-order chi connectivity index (χ1) is 14.3. The molecule has 0 fully saturated rings. The first kappa shape index (κ1) is 21.0. The minimum atomic E-state index is -0.422. The zero-order valence-corrected chi connectivity index (χ0v) is 17.1. The third-order valence-electron chi connectivity index (χ3n) is 4.58. The standard InChI is InChI=1S/C22H24N4O4/c1-4-30-20(28)14-8-10-16(11-9-14)23-21(29)24-17-7-5-6-15(12-17)19-22(2,3)13-18(27)25-26-19/h5-12H,4,13H2,1-3H3,(H,25,27)(H2,23,24,29). The molecule has 0 saturated heterocycles. The van der Waals surface area contributed by atoms with Crippen LogP contribution in [0.25, 0.3) is 0 Å². The van der Waals surface area contributed by atoms with E-state index in [1.165, 1.54) is 0 Å². The summed E-state index contributed by atoms with van der Waals surface area (Å²) in [6.45, 7) is 5.95. The van der Waals surface area contributed by atoms with Crippen LogP contribution in [0.5, 0.6) is 0 Å². The summed E-state index contributed by atoms with van der Waals surface area (Å²) in [4.78, 5) is 35.7. The molecule has 8 nitrogen and oxygen atoms in total. The van der Waals surface area contributed by atoms with Crippen LogP contribution in [0.15, 0.2) is 53.6 Å². The maximum atomic E-state index is 12.4. The lowest BCUT2D eigenvalue weighted by atomic mass is 9.79. The van der Waals surface area contributed by atoms with Gasteiger partial charge in [0.25, 0.3) is 0 Å². The fourth-order valence-electron chi connectivity index (χ4n) is 3.19. The van der Waals surface area contributed by atoms with Crippen LogP contribution >= 0.6 is 0 Å². The molecule has 3 rings (SSSR count). The summed E-state index contributed by atoms with van der Waals surface area (Å²) in [7, 11) is 0. The van der Waals surface area contributed by atoms with Crippen LogP contribution in [0.1, 0.15) is 43.1 Å². The molecule has 0 saturated carbocycles. The molecule has 3 N–H and O–H groups in total. The number of nitrogens with zero attached hydrogens (tertiary/aromatic N) is 1. The van der Waals surface area contributed by atoms with E-state index in [9.17, 15) is 14.4 Å². The largest absolute Gasteiger partial charge is 0.462 e. The fourth-order valence-corrected chi connectivity index (χ4v) is 3.19. The fraction of sp³-hybridized carbons (Fsp3) is 0.273. The predicted molar refractivity (Wildman–Crippen MR) is 115 cm³/mol. The average molecular weight is 408 g/mol. The molecule has 0 aliphatic carbocycles. The van der Waals surface area contributed by atoms with Crippen molar-refractivity contribution < 1.29 is 19.1 Å². The predicted octanol–water partition coefficient (Wildman–Crippen LogP) is 3.76. The van der Waals surface area contributed by atoms with E-state index in [2.05, 4.69) is 21.2 Å². The van der Waals surface area contributed by atoms with Crippen LogP contribution in [0.2, 0.25) is 0 Å². The topological polar surface area (TPSA) is 109 Å². The molecule has 0 bridgehead atoms. The van der Waals surface area contributed by atoms with E-state index in [-0.39, 0.29) is 5.91 Å². The molecule has 8 heteroatoms. The van der Waals surface area contributed by atoms with Gasteiger partial charge in [0.2, 0.25) is 5.91 Å². The Hall–Kier alpha value is -3.68. The lowest BCUT2D eigenvalue weighted by Crippen LogP contribution is -2.39. The smallest absolute Gasteiger partial charge is 0.338 e. The number of urea groups is 1. The highest BCUT2D eigenvalue weighted by molar-refractivity contribution is 6.09. The monoisotopic (exact) mass is 408 g/mol. The third kappa shape index (κ3) is 5.02. The highest BCUT2D eigenvalue weighted by Gasteiger charge is 2.33. The van der Waals surface area contributed by atoms with Crippen molar-refractivity contribution >= 4 is 35.0 Å². The zero-order chi connectivity index (χ0) is 21.7. The molecule has 156 valence electrons. The van der Waals surface area contributed by atoms with Crippen molar-refractivity contribution in [2.45, 2.75) is 27.2 Å². The van der Waals surface area contributed by atoms with Gasteiger partial charge in [0.1, 0.15) is 0 Å². The van der Waals surface area contributed by atoms with Gasteiger partial charge in [-0.05, 0) is 43.3 Å². The molecule has 30 heavy (non-hydrogen) atoms. The Morgan fingerprint density at radius 1 is 1.10 bits per heavy atom. The van der Waals surface area contributed by atoms with Crippen molar-refractivity contribution in [3.8, 4) is 0 Å². The van der Waals surface area contributed by atoms with Crippen molar-refractivity contribution in [3.05, 3.63) is 59.7 Å². The van der Waals surface area contributed by atoms with E-state index in [4.69, 9.17) is 4.74 Å². The van der Waals surface area contributed by atoms with Crippen LogP contribution in [-0.2, 0) is 9.53 Å². The summed E-state index contributed by atoms with van der Waals surface area (Å²) < 4.78 is 4.94. The minimum Gasteiger partial charge on any atom is -0.462 e. The van der Waals surface area contributed by atoms with Crippen LogP contribution < -0.4 is 16.1 Å². The molecule has 2 aromatic rings. The van der Waals surface area contributed by atoms with Crippen molar-refractivity contribution in [2.75, 3.05) is 17.2 Å². The summed E-state index contributed by atoms with van der Waals surface area (Å²) in [5.41, 5.74) is 5.21. The molecular formula is C22H24N4O4. The number of hydrogen-bond donors (Lipinski definition) is 3. The van der Waals surface area contributed by atoms with E-state index < -0.39 is 17.4 Å². The molecule has 3 amide bonds. The lowest BCUT2D eigenvalue weighted by molar-refractivity contribution is -0.122. The molecule has 1 aliphatic rings. The number of rotatable bonds is 5. The van der Waals surface area contributed by atoms with Crippen LogP contribution in [-0.4, -0.2) is 30.2 Å². The molecule has 1 heterocycles. The van der Waals surface area contributed by atoms with Gasteiger partial charge >= 0.3 is 12.0 Å². The first-order valence-electron chi connectivity index (χ1n) is 9.61. The highest BCUT2D eigenvalue weighted by atomic mass is 16.5. The SMILES string of the molecule is CCOC(=O)c1ccc(NC(=O)Nc2cccc(C3=NNC(=O)CC3(C)C)c2)cc1. The molecular weight excluding hydrogens is 384 g/mol. The van der Waals surface area contributed by atoms with Gasteiger partial charge in [0.05, 0.1) is 17.9 Å². The summed E-state index contributed by atoms with van der Waals surface area (Å²) >= 11 is 0. The maximum Gasteiger partial charge on any atom is 0.338 e. The van der Waals surface area contributed by atoms with Gasteiger partial charge in [0.15, 0.2) is 0 Å². The van der Waals surface area contributed by atoms with Crippen molar-refractivity contribution in [3.63, 3.8) is 0 Å². The molecule has 0 radical (unpaired) electrons. The molecule has 2 aromatic carbocycles. The van der Waals surface area contributed by atoms with Gasteiger partial charge in [-0.3, -0.25) is 4.79 Å². The number of benzene rings is 2. The van der Waals surface area contributed by atoms with E-state index in [0.717, 1.165) is 11.3 Å². The second-order valence-electron chi connectivity index (χ2n) is 7.51. The molecule has 0 atom stereocenters. The Balaban J connectivity index is 1.67. The highest BCUT2D eigenvalue weighted by Crippen LogP contribution is 2.30. The molecule has 0 aromatic heterocycles. The van der Waals surface area contributed by atoms with E-state index >= 15 is 0 Å². The van der Waals surface area contributed by atoms with Gasteiger partial charge < -0.3 is 15.4 Å². The Bertz CT molecular complexity index is 996. The Labute approximate surface area is 174 Å². The molecule has 0 unspecified atom stereocenters. The number of amides is 3. The zero-order valence-electron chi connectivity index (χ0n) is 17.1. The maximum absolute atomic E-state index is 12.4. The second-order valence-corrected chi connectivity index (χ2v) is 7.51. The van der Waals surface area contributed by atoms with Gasteiger partial charge in [0, 0.05) is 28.8 Å². The summed E-state index contributed by atoms with van der Waals surface area (Å²) in [6.07, 6.45) is 0.339. The van der Waals surface area contributed by atoms with Crippen LogP contribution in [0.3, 0.4) is 0 Å². The quantitative estimate of drug-likeness (QED) is 0.655. The van der Waals surface area contributed by atoms with Crippen molar-refractivity contribution in [1.82, 2.24) is 5.43 Å². The third-order valence-corrected chi connectivity index (χ3v) is 4.58. The molecule has 0 spiro atoms. The van der Waals surface area contributed by atoms with Gasteiger partial charge in [-0.15, -0.1) is 0 Å². The van der Waals surface area contributed by atoms with E-state index in [1.54, 1.807) is 37.3 Å². The summed E-state index contributed by atoms with van der Waals surface area (Å²) in [5.74, 6) is -0.526. The minimum absolute atomic E-state index is 0.119. The number of esters is 1. The number of anilines is 2. The number of ether oxygens (including phenoxy) is 1. The number of carbonyl (C=O) groups is 3. The average Bonchev–Trinajstić information content (AvgIpc) is 2.68. The summed E-state index contributed by atoms with van der Waals surface area (Å²) in [6, 6.07) is 13.3. The van der Waals surface area contributed by atoms with Crippen molar-refractivity contribution in [1.29, 1.82) is 0 Å². The van der Waals surface area contributed by atoms with Crippen molar-refractivity contribution in [2.24, 2.45) is 10.5 Å². The van der Waals surface area contributed by atoms with Crippen LogP contribution in [0, 0.1) is 5.41 Å². The number of hydrogen-bond acceptors (Lipinski definition) is 5. The molecule has 1 aliphatic heterocycles. The van der Waals surface area contributed by atoms with Gasteiger partial charge in [-0.2, -0.15) is 5.10 Å².